The van der Waals surface area contributed by atoms with Crippen molar-refractivity contribution in [3.05, 3.63) is 54.6 Å². The first-order valence-corrected chi connectivity index (χ1v) is 4.91. The molecule has 0 aromatic heterocycles. The summed E-state index contributed by atoms with van der Waals surface area (Å²) in [5.41, 5.74) is 2.11. The van der Waals surface area contributed by atoms with Gasteiger partial charge in [0.1, 0.15) is 12.4 Å². The number of hydrogen-bond donors (Lipinski definition) is 1. The van der Waals surface area contributed by atoms with Crippen LogP contribution < -0.4 is 0 Å². The summed E-state index contributed by atoms with van der Waals surface area (Å²) in [5.74, 6) is 0.599. The molecule has 80 valence electrons. The number of allylic oxidation sites excluding steroid dienone is 1. The lowest BCUT2D eigenvalue weighted by atomic mass is 10.0. The van der Waals surface area contributed by atoms with Gasteiger partial charge in [-0.2, -0.15) is 0 Å². The van der Waals surface area contributed by atoms with Gasteiger partial charge in [-0.15, -0.1) is 6.58 Å². The van der Waals surface area contributed by atoms with E-state index in [1.807, 2.05) is 30.3 Å². The lowest BCUT2D eigenvalue weighted by molar-refractivity contribution is 0.181. The van der Waals surface area contributed by atoms with E-state index in [1.54, 1.807) is 0 Å². The Morgan fingerprint density at radius 3 is 2.80 bits per heavy atom. The van der Waals surface area contributed by atoms with Crippen LogP contribution in [0.25, 0.3) is 5.76 Å². The van der Waals surface area contributed by atoms with E-state index in [9.17, 15) is 0 Å². The quantitative estimate of drug-likeness (QED) is 0.569. The predicted octanol–water partition coefficient (Wildman–Crippen LogP) is 2.39. The Morgan fingerprint density at radius 2 is 2.13 bits per heavy atom. The van der Waals surface area contributed by atoms with Crippen molar-refractivity contribution >= 4 is 5.76 Å². The number of aliphatic hydroxyl groups is 1. The van der Waals surface area contributed by atoms with Crippen molar-refractivity contribution in [2.75, 3.05) is 13.2 Å². The van der Waals surface area contributed by atoms with Gasteiger partial charge in [0, 0.05) is 5.56 Å². The Hall–Kier alpha value is -1.54. The van der Waals surface area contributed by atoms with Gasteiger partial charge in [-0.1, -0.05) is 36.9 Å². The van der Waals surface area contributed by atoms with E-state index in [-0.39, 0.29) is 13.2 Å². The first-order chi connectivity index (χ1) is 7.29. The molecule has 1 rings (SSSR count). The van der Waals surface area contributed by atoms with Crippen LogP contribution in [0.2, 0.25) is 0 Å². The normalized spacial score (nSPS) is 9.67. The summed E-state index contributed by atoms with van der Waals surface area (Å²) in [4.78, 5) is 0. The molecule has 0 radical (unpaired) electrons. The summed E-state index contributed by atoms with van der Waals surface area (Å²) in [6.45, 7) is 7.83. The van der Waals surface area contributed by atoms with E-state index in [0.29, 0.717) is 5.76 Å². The Kier molecular flexibility index (Phi) is 4.64. The van der Waals surface area contributed by atoms with Crippen LogP contribution in [0.5, 0.6) is 0 Å². The predicted molar refractivity (Wildman–Crippen MR) is 62.4 cm³/mol. The summed E-state index contributed by atoms with van der Waals surface area (Å²) >= 11 is 0. The second-order valence-electron chi connectivity index (χ2n) is 3.15. The summed E-state index contributed by atoms with van der Waals surface area (Å²) in [6.07, 6.45) is 2.63. The van der Waals surface area contributed by atoms with Gasteiger partial charge in [0.25, 0.3) is 0 Å². The third kappa shape index (κ3) is 3.26. The molecule has 1 aromatic rings. The minimum atomic E-state index is 0.00262. The standard InChI is InChI=1S/C13H16O2/c1-3-6-12-7-4-5-8-13(12)11(2)15-10-9-14/h3-5,7-8,14H,1-2,6,9-10H2. The van der Waals surface area contributed by atoms with Gasteiger partial charge in [0.2, 0.25) is 0 Å². The molecule has 0 amide bonds. The molecule has 0 spiro atoms. The molecule has 2 nitrogen and oxygen atoms in total. The fourth-order valence-corrected chi connectivity index (χ4v) is 1.37. The molecule has 0 saturated carbocycles. The monoisotopic (exact) mass is 204 g/mol. The molecule has 0 aliphatic carbocycles. The highest BCUT2D eigenvalue weighted by Crippen LogP contribution is 2.19. The Bertz CT molecular complexity index is 342. The average Bonchev–Trinajstić information content (AvgIpc) is 2.27. The molecule has 15 heavy (non-hydrogen) atoms. The van der Waals surface area contributed by atoms with Crippen molar-refractivity contribution in [1.82, 2.24) is 0 Å². The first-order valence-electron chi connectivity index (χ1n) is 4.91. The van der Waals surface area contributed by atoms with Crippen LogP contribution in [-0.4, -0.2) is 18.3 Å². The Labute approximate surface area is 90.5 Å². The van der Waals surface area contributed by atoms with Crippen LogP contribution >= 0.6 is 0 Å². The molecular formula is C13H16O2. The number of ether oxygens (including phenoxy) is 1. The van der Waals surface area contributed by atoms with Crippen molar-refractivity contribution < 1.29 is 9.84 Å². The van der Waals surface area contributed by atoms with E-state index in [4.69, 9.17) is 9.84 Å². The third-order valence-corrected chi connectivity index (χ3v) is 2.05. The van der Waals surface area contributed by atoms with Crippen LogP contribution in [0.1, 0.15) is 11.1 Å². The molecule has 2 heteroatoms. The number of aliphatic hydroxyl groups excluding tert-OH is 1. The molecule has 0 unspecified atom stereocenters. The zero-order valence-corrected chi connectivity index (χ0v) is 8.78. The number of hydrogen-bond acceptors (Lipinski definition) is 2. The molecule has 1 aromatic carbocycles. The molecule has 0 saturated heterocycles. The molecule has 0 aliphatic heterocycles. The zero-order chi connectivity index (χ0) is 11.1. The second kappa shape index (κ2) is 6.04. The lowest BCUT2D eigenvalue weighted by Crippen LogP contribution is -2.00. The van der Waals surface area contributed by atoms with Gasteiger partial charge in [0.05, 0.1) is 6.61 Å². The maximum atomic E-state index is 8.65. The minimum Gasteiger partial charge on any atom is -0.491 e. The van der Waals surface area contributed by atoms with Crippen molar-refractivity contribution in [2.45, 2.75) is 6.42 Å². The van der Waals surface area contributed by atoms with Crippen molar-refractivity contribution in [2.24, 2.45) is 0 Å². The van der Waals surface area contributed by atoms with Crippen LogP contribution in [0, 0.1) is 0 Å². The highest BCUT2D eigenvalue weighted by Gasteiger charge is 2.04. The molecule has 0 atom stereocenters. The third-order valence-electron chi connectivity index (χ3n) is 2.05. The Balaban J connectivity index is 2.82. The molecule has 0 heterocycles. The summed E-state index contributed by atoms with van der Waals surface area (Å²) in [6, 6.07) is 7.89. The van der Waals surface area contributed by atoms with E-state index in [1.165, 1.54) is 0 Å². The smallest absolute Gasteiger partial charge is 0.119 e. The van der Waals surface area contributed by atoms with Crippen LogP contribution in [-0.2, 0) is 11.2 Å². The fourth-order valence-electron chi connectivity index (χ4n) is 1.37. The van der Waals surface area contributed by atoms with Crippen molar-refractivity contribution in [3.8, 4) is 0 Å². The minimum absolute atomic E-state index is 0.00262. The van der Waals surface area contributed by atoms with Crippen molar-refractivity contribution in [3.63, 3.8) is 0 Å². The summed E-state index contributed by atoms with van der Waals surface area (Å²) in [5, 5.41) is 8.65. The first kappa shape index (κ1) is 11.5. The van der Waals surface area contributed by atoms with Crippen LogP contribution in [0.15, 0.2) is 43.5 Å². The van der Waals surface area contributed by atoms with Gasteiger partial charge in [-0.3, -0.25) is 0 Å². The van der Waals surface area contributed by atoms with Gasteiger partial charge in [0.15, 0.2) is 0 Å². The topological polar surface area (TPSA) is 29.5 Å². The number of benzene rings is 1. The van der Waals surface area contributed by atoms with Crippen molar-refractivity contribution in [1.29, 1.82) is 0 Å². The summed E-state index contributed by atoms with van der Waals surface area (Å²) < 4.78 is 5.29. The molecule has 0 bridgehead atoms. The lowest BCUT2D eigenvalue weighted by Gasteiger charge is -2.11. The Morgan fingerprint density at radius 1 is 1.40 bits per heavy atom. The molecule has 1 N–H and O–H groups in total. The summed E-state index contributed by atoms with van der Waals surface area (Å²) in [7, 11) is 0. The maximum Gasteiger partial charge on any atom is 0.119 e. The van der Waals surface area contributed by atoms with Crippen LogP contribution in [0.4, 0.5) is 0 Å². The molecule has 0 fully saturated rings. The second-order valence-corrected chi connectivity index (χ2v) is 3.15. The highest BCUT2D eigenvalue weighted by molar-refractivity contribution is 5.61. The SMILES string of the molecule is C=CCc1ccccc1C(=C)OCCO. The maximum absolute atomic E-state index is 8.65. The van der Waals surface area contributed by atoms with E-state index >= 15 is 0 Å². The van der Waals surface area contributed by atoms with Crippen LogP contribution in [0.3, 0.4) is 0 Å². The average molecular weight is 204 g/mol. The number of rotatable bonds is 6. The largest absolute Gasteiger partial charge is 0.491 e. The highest BCUT2D eigenvalue weighted by atomic mass is 16.5. The van der Waals surface area contributed by atoms with E-state index in [0.717, 1.165) is 17.5 Å². The van der Waals surface area contributed by atoms with Gasteiger partial charge >= 0.3 is 0 Å². The fraction of sp³-hybridized carbons (Fsp3) is 0.231. The van der Waals surface area contributed by atoms with Gasteiger partial charge in [-0.25, -0.2) is 0 Å². The molecule has 0 aliphatic rings. The van der Waals surface area contributed by atoms with Gasteiger partial charge < -0.3 is 9.84 Å². The zero-order valence-electron chi connectivity index (χ0n) is 8.78. The van der Waals surface area contributed by atoms with E-state index < -0.39 is 0 Å². The van der Waals surface area contributed by atoms with Gasteiger partial charge in [-0.05, 0) is 12.0 Å². The van der Waals surface area contributed by atoms with E-state index in [2.05, 4.69) is 13.2 Å². The molecular weight excluding hydrogens is 188 g/mol.